The maximum atomic E-state index is 13.1. The monoisotopic (exact) mass is 313 g/mol. The number of aryl methyl sites for hydroxylation is 1. The minimum absolute atomic E-state index is 0.0184. The van der Waals surface area contributed by atoms with Gasteiger partial charge in [0.25, 0.3) is 0 Å². The number of hydrogen-bond donors (Lipinski definition) is 1. The van der Waals surface area contributed by atoms with E-state index in [0.29, 0.717) is 17.6 Å². The Bertz CT molecular complexity index is 631. The number of Topliss-reactive ketones (excluding diaryl/α,β-unsaturated/α-hetero) is 2. The number of fused-ring (bicyclic) bond motifs is 2. The minimum Gasteiger partial charge on any atom is -0.412 e. The normalized spacial score (nSPS) is 35.5. The largest absolute Gasteiger partial charge is 0.412 e. The summed E-state index contributed by atoms with van der Waals surface area (Å²) in [5.41, 5.74) is 1.86. The Morgan fingerprint density at radius 2 is 1.61 bits per heavy atom. The third kappa shape index (κ3) is 2.08. The van der Waals surface area contributed by atoms with Crippen LogP contribution in [0.5, 0.6) is 5.75 Å². The molecule has 2 unspecified atom stereocenters. The van der Waals surface area contributed by atoms with E-state index >= 15 is 0 Å². The maximum absolute atomic E-state index is 13.1. The third-order valence-electron chi connectivity index (χ3n) is 6.39. The van der Waals surface area contributed by atoms with Gasteiger partial charge in [-0.05, 0) is 67.2 Å². The predicted octanol–water partition coefficient (Wildman–Crippen LogP) is 2.79. The fourth-order valence-corrected chi connectivity index (χ4v) is 5.34. The van der Waals surface area contributed by atoms with Crippen molar-refractivity contribution in [2.24, 2.45) is 29.6 Å². The summed E-state index contributed by atoms with van der Waals surface area (Å²) in [6.07, 6.45) is 5.25. The van der Waals surface area contributed by atoms with Crippen LogP contribution in [-0.2, 0) is 16.0 Å². The standard InChI is InChI=1S/C19H23NO3/c1-2-10-9-13(23-20)7-8-14(10)17-18(21)15-11-3-4-12(6-5-11)16(15)19(17)22/h7-9,11-12,15-17H,2-6,20H2,1H3. The molecule has 0 aliphatic heterocycles. The number of carbonyl (C=O) groups excluding carboxylic acids is 2. The highest BCUT2D eigenvalue weighted by Crippen LogP contribution is 2.56. The first kappa shape index (κ1) is 14.9. The zero-order valence-electron chi connectivity index (χ0n) is 13.5. The summed E-state index contributed by atoms with van der Waals surface area (Å²) >= 11 is 0. The molecule has 0 radical (unpaired) electrons. The molecule has 122 valence electrons. The van der Waals surface area contributed by atoms with Gasteiger partial charge in [-0.3, -0.25) is 9.59 Å². The van der Waals surface area contributed by atoms with Crippen LogP contribution in [0.1, 0.15) is 49.7 Å². The molecular weight excluding hydrogens is 290 g/mol. The number of benzene rings is 1. The van der Waals surface area contributed by atoms with E-state index in [9.17, 15) is 9.59 Å². The van der Waals surface area contributed by atoms with Crippen LogP contribution >= 0.6 is 0 Å². The van der Waals surface area contributed by atoms with Crippen molar-refractivity contribution in [1.82, 2.24) is 0 Å². The van der Waals surface area contributed by atoms with Crippen molar-refractivity contribution in [2.75, 3.05) is 0 Å². The molecule has 4 fully saturated rings. The van der Waals surface area contributed by atoms with Crippen molar-refractivity contribution in [1.29, 1.82) is 0 Å². The average molecular weight is 313 g/mol. The van der Waals surface area contributed by atoms with Gasteiger partial charge in [-0.1, -0.05) is 13.0 Å². The van der Waals surface area contributed by atoms with E-state index in [1.54, 1.807) is 6.07 Å². The summed E-state index contributed by atoms with van der Waals surface area (Å²) in [7, 11) is 0. The van der Waals surface area contributed by atoms with Crippen molar-refractivity contribution < 1.29 is 14.4 Å². The van der Waals surface area contributed by atoms with Gasteiger partial charge in [-0.15, -0.1) is 0 Å². The summed E-state index contributed by atoms with van der Waals surface area (Å²) in [5, 5.41) is 0. The minimum atomic E-state index is -0.562. The number of nitrogens with two attached hydrogens (primary N) is 1. The van der Waals surface area contributed by atoms with Gasteiger partial charge in [0, 0.05) is 11.8 Å². The third-order valence-corrected chi connectivity index (χ3v) is 6.39. The first-order chi connectivity index (χ1) is 11.2. The second-order valence-corrected chi connectivity index (χ2v) is 7.30. The molecule has 4 aliphatic rings. The number of hydrogen-bond acceptors (Lipinski definition) is 4. The fourth-order valence-electron chi connectivity index (χ4n) is 5.34. The van der Waals surface area contributed by atoms with E-state index in [0.717, 1.165) is 43.2 Å². The molecular formula is C19H23NO3. The topological polar surface area (TPSA) is 69.4 Å². The van der Waals surface area contributed by atoms with Gasteiger partial charge in [0.05, 0.1) is 0 Å². The molecule has 4 aliphatic carbocycles. The first-order valence-electron chi connectivity index (χ1n) is 8.72. The van der Waals surface area contributed by atoms with Crippen molar-refractivity contribution in [3.05, 3.63) is 29.3 Å². The summed E-state index contributed by atoms with van der Waals surface area (Å²) in [6.45, 7) is 2.03. The van der Waals surface area contributed by atoms with Gasteiger partial charge < -0.3 is 4.84 Å². The van der Waals surface area contributed by atoms with Gasteiger partial charge in [0.1, 0.15) is 11.7 Å². The lowest BCUT2D eigenvalue weighted by atomic mass is 9.59. The molecule has 4 heteroatoms. The summed E-state index contributed by atoms with van der Waals surface area (Å²) < 4.78 is 0. The van der Waals surface area contributed by atoms with Gasteiger partial charge in [-0.25, -0.2) is 0 Å². The van der Waals surface area contributed by atoms with E-state index < -0.39 is 5.92 Å². The van der Waals surface area contributed by atoms with E-state index in [2.05, 4.69) is 0 Å². The molecule has 1 aromatic carbocycles. The van der Waals surface area contributed by atoms with Crippen molar-refractivity contribution in [3.63, 3.8) is 0 Å². The van der Waals surface area contributed by atoms with Crippen LogP contribution in [0.15, 0.2) is 18.2 Å². The lowest BCUT2D eigenvalue weighted by Crippen LogP contribution is -2.41. The van der Waals surface area contributed by atoms with Crippen LogP contribution < -0.4 is 10.7 Å². The van der Waals surface area contributed by atoms with Crippen LogP contribution in [0, 0.1) is 23.7 Å². The van der Waals surface area contributed by atoms with E-state index in [4.69, 9.17) is 10.7 Å². The Morgan fingerprint density at radius 3 is 2.09 bits per heavy atom. The SMILES string of the molecule is CCc1cc(ON)ccc1C1C(=O)C2C3CCC(CC3)C2C1=O. The van der Waals surface area contributed by atoms with Crippen LogP contribution in [0.25, 0.3) is 0 Å². The average Bonchev–Trinajstić information content (AvgIpc) is 2.88. The van der Waals surface area contributed by atoms with E-state index in [1.165, 1.54) is 0 Å². The number of carbonyl (C=O) groups is 2. The maximum Gasteiger partial charge on any atom is 0.151 e. The van der Waals surface area contributed by atoms with Crippen LogP contribution in [0.3, 0.4) is 0 Å². The molecule has 5 rings (SSSR count). The Hall–Kier alpha value is -1.68. The second-order valence-electron chi connectivity index (χ2n) is 7.30. The van der Waals surface area contributed by atoms with Gasteiger partial charge >= 0.3 is 0 Å². The number of rotatable bonds is 3. The van der Waals surface area contributed by atoms with Crippen LogP contribution in [0.4, 0.5) is 0 Å². The molecule has 0 saturated heterocycles. The smallest absolute Gasteiger partial charge is 0.151 e. The Kier molecular flexibility index (Phi) is 3.52. The molecule has 0 aromatic heterocycles. The second kappa shape index (κ2) is 5.45. The van der Waals surface area contributed by atoms with Crippen LogP contribution in [0.2, 0.25) is 0 Å². The van der Waals surface area contributed by atoms with Gasteiger partial charge in [0.2, 0.25) is 0 Å². The molecule has 2 N–H and O–H groups in total. The lowest BCUT2D eigenvalue weighted by molar-refractivity contribution is -0.129. The highest BCUT2D eigenvalue weighted by Gasteiger charge is 2.58. The van der Waals surface area contributed by atoms with Gasteiger partial charge in [0.15, 0.2) is 11.6 Å². The van der Waals surface area contributed by atoms with Gasteiger partial charge in [-0.2, -0.15) is 5.90 Å². The number of ketones is 2. The summed E-state index contributed by atoms with van der Waals surface area (Å²) in [5.74, 6) is 6.42. The van der Waals surface area contributed by atoms with E-state index in [-0.39, 0.29) is 23.4 Å². The molecule has 2 atom stereocenters. The summed E-state index contributed by atoms with van der Waals surface area (Å²) in [6, 6.07) is 5.47. The molecule has 0 heterocycles. The quantitative estimate of drug-likeness (QED) is 0.688. The molecule has 0 spiro atoms. The molecule has 0 amide bonds. The molecule has 23 heavy (non-hydrogen) atoms. The zero-order valence-corrected chi connectivity index (χ0v) is 13.5. The van der Waals surface area contributed by atoms with Crippen molar-refractivity contribution >= 4 is 11.6 Å². The highest BCUT2D eigenvalue weighted by molar-refractivity contribution is 6.16. The Morgan fingerprint density at radius 1 is 1.04 bits per heavy atom. The molecule has 4 nitrogen and oxygen atoms in total. The summed E-state index contributed by atoms with van der Waals surface area (Å²) in [4.78, 5) is 31.0. The molecule has 2 bridgehead atoms. The van der Waals surface area contributed by atoms with Crippen molar-refractivity contribution in [2.45, 2.75) is 44.9 Å². The zero-order chi connectivity index (χ0) is 16.1. The predicted molar refractivity (Wildman–Crippen MR) is 85.8 cm³/mol. The van der Waals surface area contributed by atoms with Crippen molar-refractivity contribution in [3.8, 4) is 5.75 Å². The molecule has 1 aromatic rings. The Balaban J connectivity index is 1.75. The lowest BCUT2D eigenvalue weighted by Gasteiger charge is -2.43. The first-order valence-corrected chi connectivity index (χ1v) is 8.72. The highest BCUT2D eigenvalue weighted by atomic mass is 16.6. The molecule has 4 saturated carbocycles. The Labute approximate surface area is 136 Å². The fraction of sp³-hybridized carbons (Fsp3) is 0.579. The van der Waals surface area contributed by atoms with Crippen LogP contribution in [-0.4, -0.2) is 11.6 Å². The van der Waals surface area contributed by atoms with E-state index in [1.807, 2.05) is 19.1 Å².